The molecular formula is C15H13N5O. The van der Waals surface area contributed by atoms with E-state index in [0.29, 0.717) is 5.65 Å². The lowest BCUT2D eigenvalue weighted by Crippen LogP contribution is -2.13. The molecule has 0 spiro atoms. The van der Waals surface area contributed by atoms with E-state index in [9.17, 15) is 4.79 Å². The van der Waals surface area contributed by atoms with Crippen molar-refractivity contribution in [1.82, 2.24) is 19.8 Å². The molecule has 21 heavy (non-hydrogen) atoms. The fraction of sp³-hybridized carbons (Fsp3) is 0.200. The van der Waals surface area contributed by atoms with Gasteiger partial charge in [-0.3, -0.25) is 4.79 Å². The molecule has 0 bridgehead atoms. The Kier molecular flexibility index (Phi) is 2.67. The highest BCUT2D eigenvalue weighted by molar-refractivity contribution is 5.94. The second-order valence-electron chi connectivity index (χ2n) is 5.20. The Morgan fingerprint density at radius 3 is 3.00 bits per heavy atom. The standard InChI is InChI=1S/C15H13N5O/c21-15(10-4-5-10)17-12-3-1-2-11(8-12)13-6-7-14-18-16-9-20(14)19-13/h1-3,6-10H,4-5H2,(H,17,21). The zero-order valence-corrected chi connectivity index (χ0v) is 11.2. The summed E-state index contributed by atoms with van der Waals surface area (Å²) in [6.07, 6.45) is 3.56. The molecule has 1 aromatic carbocycles. The first-order valence-electron chi connectivity index (χ1n) is 6.88. The molecule has 1 aliphatic rings. The number of benzene rings is 1. The maximum absolute atomic E-state index is 11.8. The largest absolute Gasteiger partial charge is 0.326 e. The Labute approximate surface area is 120 Å². The van der Waals surface area contributed by atoms with Crippen molar-refractivity contribution in [3.05, 3.63) is 42.7 Å². The quantitative estimate of drug-likeness (QED) is 0.797. The highest BCUT2D eigenvalue weighted by Gasteiger charge is 2.29. The van der Waals surface area contributed by atoms with Gasteiger partial charge in [0.25, 0.3) is 0 Å². The molecule has 2 heterocycles. The first-order valence-corrected chi connectivity index (χ1v) is 6.88. The second kappa shape index (κ2) is 4.66. The van der Waals surface area contributed by atoms with E-state index in [0.717, 1.165) is 29.8 Å². The zero-order chi connectivity index (χ0) is 14.2. The number of anilines is 1. The lowest BCUT2D eigenvalue weighted by molar-refractivity contribution is -0.117. The van der Waals surface area contributed by atoms with E-state index >= 15 is 0 Å². The number of fused-ring (bicyclic) bond motifs is 1. The third kappa shape index (κ3) is 2.35. The van der Waals surface area contributed by atoms with Gasteiger partial charge in [0, 0.05) is 17.2 Å². The first-order chi connectivity index (χ1) is 10.3. The Bertz CT molecular complexity index is 822. The Morgan fingerprint density at radius 1 is 1.24 bits per heavy atom. The molecule has 1 fully saturated rings. The van der Waals surface area contributed by atoms with Crippen LogP contribution in [-0.2, 0) is 4.79 Å². The number of amides is 1. The molecule has 104 valence electrons. The Balaban J connectivity index is 1.65. The molecule has 0 saturated heterocycles. The van der Waals surface area contributed by atoms with Crippen LogP contribution >= 0.6 is 0 Å². The van der Waals surface area contributed by atoms with Crippen LogP contribution in [-0.4, -0.2) is 25.7 Å². The molecule has 2 aromatic heterocycles. The number of rotatable bonds is 3. The molecule has 1 aliphatic carbocycles. The molecule has 1 amide bonds. The SMILES string of the molecule is O=C(Nc1cccc(-c2ccc3nncn3n2)c1)C1CC1. The fourth-order valence-electron chi connectivity index (χ4n) is 2.23. The summed E-state index contributed by atoms with van der Waals surface area (Å²) in [7, 11) is 0. The van der Waals surface area contributed by atoms with Crippen molar-refractivity contribution in [1.29, 1.82) is 0 Å². The van der Waals surface area contributed by atoms with Crippen molar-refractivity contribution in [2.24, 2.45) is 5.92 Å². The lowest BCUT2D eigenvalue weighted by atomic mass is 10.1. The van der Waals surface area contributed by atoms with Crippen LogP contribution in [0.2, 0.25) is 0 Å². The molecule has 0 aliphatic heterocycles. The fourth-order valence-corrected chi connectivity index (χ4v) is 2.23. The van der Waals surface area contributed by atoms with E-state index in [1.54, 1.807) is 10.8 Å². The summed E-state index contributed by atoms with van der Waals surface area (Å²) in [4.78, 5) is 11.8. The van der Waals surface area contributed by atoms with E-state index in [1.165, 1.54) is 0 Å². The van der Waals surface area contributed by atoms with Crippen LogP contribution < -0.4 is 5.32 Å². The van der Waals surface area contributed by atoms with Crippen molar-refractivity contribution < 1.29 is 4.79 Å². The lowest BCUT2D eigenvalue weighted by Gasteiger charge is -2.07. The number of nitrogens with one attached hydrogen (secondary N) is 1. The van der Waals surface area contributed by atoms with Crippen LogP contribution in [0.4, 0.5) is 5.69 Å². The van der Waals surface area contributed by atoms with Gasteiger partial charge >= 0.3 is 0 Å². The van der Waals surface area contributed by atoms with Crippen LogP contribution in [0.3, 0.4) is 0 Å². The van der Waals surface area contributed by atoms with Crippen molar-refractivity contribution in [3.8, 4) is 11.3 Å². The number of carbonyl (C=O) groups is 1. The summed E-state index contributed by atoms with van der Waals surface area (Å²) >= 11 is 0. The molecular weight excluding hydrogens is 266 g/mol. The van der Waals surface area contributed by atoms with Gasteiger partial charge in [-0.05, 0) is 37.1 Å². The Hall–Kier alpha value is -2.76. The van der Waals surface area contributed by atoms with E-state index in [2.05, 4.69) is 20.6 Å². The molecule has 0 atom stereocenters. The second-order valence-corrected chi connectivity index (χ2v) is 5.20. The maximum Gasteiger partial charge on any atom is 0.227 e. The number of aromatic nitrogens is 4. The van der Waals surface area contributed by atoms with E-state index < -0.39 is 0 Å². The molecule has 6 nitrogen and oxygen atoms in total. The normalized spacial score (nSPS) is 14.3. The minimum atomic E-state index is 0.106. The summed E-state index contributed by atoms with van der Waals surface area (Å²) in [6.45, 7) is 0. The Morgan fingerprint density at radius 2 is 2.14 bits per heavy atom. The van der Waals surface area contributed by atoms with Crippen LogP contribution in [0.1, 0.15) is 12.8 Å². The number of hydrogen-bond acceptors (Lipinski definition) is 4. The van der Waals surface area contributed by atoms with Gasteiger partial charge in [0.15, 0.2) is 5.65 Å². The summed E-state index contributed by atoms with van der Waals surface area (Å²) in [5.74, 6) is 0.300. The van der Waals surface area contributed by atoms with Crippen LogP contribution in [0.15, 0.2) is 42.7 Å². The van der Waals surface area contributed by atoms with Crippen LogP contribution in [0.5, 0.6) is 0 Å². The molecule has 3 aromatic rings. The minimum absolute atomic E-state index is 0.106. The van der Waals surface area contributed by atoms with Gasteiger partial charge in [0.2, 0.25) is 5.91 Å². The predicted octanol–water partition coefficient (Wildman–Crippen LogP) is 2.14. The summed E-state index contributed by atoms with van der Waals surface area (Å²) < 4.78 is 1.63. The topological polar surface area (TPSA) is 72.2 Å². The van der Waals surface area contributed by atoms with Gasteiger partial charge < -0.3 is 5.32 Å². The van der Waals surface area contributed by atoms with Crippen molar-refractivity contribution in [2.45, 2.75) is 12.8 Å². The minimum Gasteiger partial charge on any atom is -0.326 e. The van der Waals surface area contributed by atoms with E-state index in [-0.39, 0.29) is 11.8 Å². The zero-order valence-electron chi connectivity index (χ0n) is 11.2. The number of carbonyl (C=O) groups excluding carboxylic acids is 1. The van der Waals surface area contributed by atoms with Crippen LogP contribution in [0.25, 0.3) is 16.9 Å². The van der Waals surface area contributed by atoms with E-state index in [4.69, 9.17) is 0 Å². The van der Waals surface area contributed by atoms with Crippen LogP contribution in [0, 0.1) is 5.92 Å². The van der Waals surface area contributed by atoms with Gasteiger partial charge in [0.05, 0.1) is 5.69 Å². The molecule has 0 unspecified atom stereocenters. The van der Waals surface area contributed by atoms with Gasteiger partial charge in [-0.2, -0.15) is 9.61 Å². The van der Waals surface area contributed by atoms with Gasteiger partial charge in [-0.15, -0.1) is 10.2 Å². The van der Waals surface area contributed by atoms with Crippen molar-refractivity contribution >= 4 is 17.2 Å². The highest BCUT2D eigenvalue weighted by atomic mass is 16.2. The molecule has 6 heteroatoms. The van der Waals surface area contributed by atoms with Gasteiger partial charge in [-0.1, -0.05) is 12.1 Å². The molecule has 0 radical (unpaired) electrons. The molecule has 1 saturated carbocycles. The summed E-state index contributed by atoms with van der Waals surface area (Å²) in [5.41, 5.74) is 3.26. The summed E-state index contributed by atoms with van der Waals surface area (Å²) in [6, 6.07) is 11.5. The molecule has 4 rings (SSSR count). The predicted molar refractivity (Wildman–Crippen MR) is 77.6 cm³/mol. The number of hydrogen-bond donors (Lipinski definition) is 1. The monoisotopic (exact) mass is 279 g/mol. The molecule has 1 N–H and O–H groups in total. The van der Waals surface area contributed by atoms with Crippen molar-refractivity contribution in [3.63, 3.8) is 0 Å². The third-order valence-electron chi connectivity index (χ3n) is 3.54. The van der Waals surface area contributed by atoms with Crippen molar-refractivity contribution in [2.75, 3.05) is 5.32 Å². The van der Waals surface area contributed by atoms with Gasteiger partial charge in [0.1, 0.15) is 6.33 Å². The average Bonchev–Trinajstić information content (AvgIpc) is 3.25. The smallest absolute Gasteiger partial charge is 0.227 e. The number of nitrogens with zero attached hydrogens (tertiary/aromatic N) is 4. The van der Waals surface area contributed by atoms with Gasteiger partial charge in [-0.25, -0.2) is 0 Å². The third-order valence-corrected chi connectivity index (χ3v) is 3.54. The maximum atomic E-state index is 11.8. The summed E-state index contributed by atoms with van der Waals surface area (Å²) in [5, 5.41) is 15.1. The first kappa shape index (κ1) is 12.0. The van der Waals surface area contributed by atoms with E-state index in [1.807, 2.05) is 36.4 Å². The average molecular weight is 279 g/mol. The highest BCUT2D eigenvalue weighted by Crippen LogP contribution is 2.30.